The van der Waals surface area contributed by atoms with Crippen molar-refractivity contribution in [3.8, 4) is 0 Å². The van der Waals surface area contributed by atoms with E-state index in [9.17, 15) is 14.4 Å². The number of amides is 3. The first kappa shape index (κ1) is 20.4. The summed E-state index contributed by atoms with van der Waals surface area (Å²) >= 11 is 11.8. The Balaban J connectivity index is 2.93. The van der Waals surface area contributed by atoms with Crippen molar-refractivity contribution in [2.45, 2.75) is 39.3 Å². The van der Waals surface area contributed by atoms with Crippen LogP contribution in [0.2, 0.25) is 10.0 Å². The molecule has 0 spiro atoms. The lowest BCUT2D eigenvalue weighted by Gasteiger charge is -2.24. The van der Waals surface area contributed by atoms with Crippen LogP contribution in [-0.2, 0) is 9.59 Å². The molecule has 8 heteroatoms. The summed E-state index contributed by atoms with van der Waals surface area (Å²) in [6.45, 7) is 5.18. The van der Waals surface area contributed by atoms with Gasteiger partial charge in [-0.25, -0.2) is 0 Å². The normalized spacial score (nSPS) is 14.4. The Morgan fingerprint density at radius 3 is 2.33 bits per heavy atom. The van der Waals surface area contributed by atoms with Gasteiger partial charge in [0.05, 0.1) is 21.7 Å². The highest BCUT2D eigenvalue weighted by Gasteiger charge is 2.28. The number of hydrogen-bond acceptors (Lipinski definition) is 4. The standard InChI is InChI=1S/C16H21Cl2N3O3/c1-4-8(2)13(20-14(22)9(3)19)16(24)21-15(23)10-6-5-7-11(17)12(10)18/h5-9,13H,4,19H2,1-3H3,(H,20,22)(H,21,23,24)/t8-,9-,13-/m0/s1. The molecule has 0 fully saturated rings. The van der Waals surface area contributed by atoms with Gasteiger partial charge in [0.2, 0.25) is 11.8 Å². The number of carbonyl (C=O) groups is 3. The van der Waals surface area contributed by atoms with E-state index in [0.717, 1.165) is 0 Å². The van der Waals surface area contributed by atoms with Gasteiger partial charge >= 0.3 is 0 Å². The van der Waals surface area contributed by atoms with Gasteiger partial charge in [0, 0.05) is 0 Å². The van der Waals surface area contributed by atoms with Crippen molar-refractivity contribution < 1.29 is 14.4 Å². The lowest BCUT2D eigenvalue weighted by Crippen LogP contribution is -2.54. The Hall–Kier alpha value is -1.63. The number of nitrogens with one attached hydrogen (secondary N) is 2. The third kappa shape index (κ3) is 5.19. The van der Waals surface area contributed by atoms with E-state index in [1.807, 2.05) is 6.92 Å². The Kier molecular flexibility index (Phi) is 7.66. The topological polar surface area (TPSA) is 101 Å². The summed E-state index contributed by atoms with van der Waals surface area (Å²) in [6, 6.07) is 2.90. The third-order valence-corrected chi connectivity index (χ3v) is 4.46. The molecular weight excluding hydrogens is 353 g/mol. The maximum atomic E-state index is 12.4. The molecule has 24 heavy (non-hydrogen) atoms. The number of carbonyl (C=O) groups excluding carboxylic acids is 3. The summed E-state index contributed by atoms with van der Waals surface area (Å²) in [5.41, 5.74) is 5.59. The molecular formula is C16H21Cl2N3O3. The monoisotopic (exact) mass is 373 g/mol. The number of imide groups is 1. The average molecular weight is 374 g/mol. The molecule has 0 heterocycles. The molecule has 0 bridgehead atoms. The molecule has 1 aromatic carbocycles. The van der Waals surface area contributed by atoms with E-state index in [1.165, 1.54) is 19.1 Å². The van der Waals surface area contributed by atoms with Crippen molar-refractivity contribution in [3.05, 3.63) is 33.8 Å². The Morgan fingerprint density at radius 1 is 1.17 bits per heavy atom. The van der Waals surface area contributed by atoms with E-state index >= 15 is 0 Å². The van der Waals surface area contributed by atoms with Crippen LogP contribution in [0.3, 0.4) is 0 Å². The van der Waals surface area contributed by atoms with Gasteiger partial charge in [0.1, 0.15) is 6.04 Å². The first-order valence-electron chi connectivity index (χ1n) is 7.54. The minimum Gasteiger partial charge on any atom is -0.343 e. The minimum absolute atomic E-state index is 0.0594. The lowest BCUT2D eigenvalue weighted by atomic mass is 9.97. The molecule has 0 saturated carbocycles. The van der Waals surface area contributed by atoms with Gasteiger partial charge in [-0.05, 0) is 25.0 Å². The van der Waals surface area contributed by atoms with Crippen molar-refractivity contribution in [2.75, 3.05) is 0 Å². The molecule has 1 rings (SSSR count). The third-order valence-electron chi connectivity index (χ3n) is 3.64. The number of nitrogens with two attached hydrogens (primary N) is 1. The first-order chi connectivity index (χ1) is 11.2. The Labute approximate surface area is 151 Å². The van der Waals surface area contributed by atoms with Crippen LogP contribution in [0, 0.1) is 5.92 Å². The van der Waals surface area contributed by atoms with Crippen molar-refractivity contribution in [3.63, 3.8) is 0 Å². The summed E-state index contributed by atoms with van der Waals surface area (Å²) < 4.78 is 0. The highest BCUT2D eigenvalue weighted by Crippen LogP contribution is 2.25. The van der Waals surface area contributed by atoms with Crippen LogP contribution in [-0.4, -0.2) is 29.8 Å². The van der Waals surface area contributed by atoms with Crippen LogP contribution in [0.4, 0.5) is 0 Å². The van der Waals surface area contributed by atoms with E-state index in [4.69, 9.17) is 28.9 Å². The van der Waals surface area contributed by atoms with E-state index in [1.54, 1.807) is 13.0 Å². The van der Waals surface area contributed by atoms with Gasteiger partial charge in [0.15, 0.2) is 0 Å². The lowest BCUT2D eigenvalue weighted by molar-refractivity contribution is -0.130. The van der Waals surface area contributed by atoms with Gasteiger partial charge in [-0.1, -0.05) is 49.5 Å². The van der Waals surface area contributed by atoms with Crippen molar-refractivity contribution in [1.29, 1.82) is 0 Å². The predicted octanol–water partition coefficient (Wildman–Crippen LogP) is 2.13. The number of rotatable bonds is 6. The van der Waals surface area contributed by atoms with Crippen LogP contribution in [0.25, 0.3) is 0 Å². The van der Waals surface area contributed by atoms with Crippen LogP contribution in [0.5, 0.6) is 0 Å². The second-order valence-corrected chi connectivity index (χ2v) is 6.37. The van der Waals surface area contributed by atoms with Gasteiger partial charge in [-0.2, -0.15) is 0 Å². The fourth-order valence-electron chi connectivity index (χ4n) is 1.92. The Bertz CT molecular complexity index is 635. The fraction of sp³-hybridized carbons (Fsp3) is 0.438. The van der Waals surface area contributed by atoms with Crippen molar-refractivity contribution >= 4 is 40.9 Å². The molecule has 1 aromatic rings. The molecule has 0 radical (unpaired) electrons. The molecule has 6 nitrogen and oxygen atoms in total. The van der Waals surface area contributed by atoms with E-state index in [-0.39, 0.29) is 21.5 Å². The summed E-state index contributed by atoms with van der Waals surface area (Å²) in [5.74, 6) is -1.96. The van der Waals surface area contributed by atoms with Gasteiger partial charge in [-0.3, -0.25) is 19.7 Å². The fourth-order valence-corrected chi connectivity index (χ4v) is 2.31. The van der Waals surface area contributed by atoms with Crippen LogP contribution in [0.15, 0.2) is 18.2 Å². The Morgan fingerprint density at radius 2 is 1.79 bits per heavy atom. The predicted molar refractivity (Wildman–Crippen MR) is 94.0 cm³/mol. The second-order valence-electron chi connectivity index (χ2n) is 5.58. The summed E-state index contributed by atoms with van der Waals surface area (Å²) in [7, 11) is 0. The SMILES string of the molecule is CC[C@H](C)[C@H](NC(=O)[C@H](C)N)C(=O)NC(=O)c1cccc(Cl)c1Cl. The molecule has 0 unspecified atom stereocenters. The van der Waals surface area contributed by atoms with Gasteiger partial charge < -0.3 is 11.1 Å². The minimum atomic E-state index is -0.879. The number of benzene rings is 1. The quantitative estimate of drug-likeness (QED) is 0.710. The second kappa shape index (κ2) is 9.01. The summed E-state index contributed by atoms with van der Waals surface area (Å²) in [4.78, 5) is 36.5. The molecule has 0 aromatic heterocycles. The maximum absolute atomic E-state index is 12.4. The molecule has 0 saturated heterocycles. The van der Waals surface area contributed by atoms with Crippen molar-refractivity contribution in [1.82, 2.24) is 10.6 Å². The maximum Gasteiger partial charge on any atom is 0.259 e. The largest absolute Gasteiger partial charge is 0.343 e. The zero-order chi connectivity index (χ0) is 18.4. The van der Waals surface area contributed by atoms with Crippen LogP contribution >= 0.6 is 23.2 Å². The molecule has 132 valence electrons. The van der Waals surface area contributed by atoms with Gasteiger partial charge in [-0.15, -0.1) is 0 Å². The van der Waals surface area contributed by atoms with Gasteiger partial charge in [0.25, 0.3) is 5.91 Å². The van der Waals surface area contributed by atoms with E-state index < -0.39 is 29.8 Å². The first-order valence-corrected chi connectivity index (χ1v) is 8.29. The molecule has 0 aliphatic carbocycles. The highest BCUT2D eigenvalue weighted by atomic mass is 35.5. The van der Waals surface area contributed by atoms with E-state index in [2.05, 4.69) is 10.6 Å². The van der Waals surface area contributed by atoms with Crippen LogP contribution in [0.1, 0.15) is 37.6 Å². The smallest absolute Gasteiger partial charge is 0.259 e. The number of halogens is 2. The number of hydrogen-bond donors (Lipinski definition) is 3. The molecule has 3 atom stereocenters. The zero-order valence-corrected chi connectivity index (χ0v) is 15.2. The molecule has 0 aliphatic rings. The highest BCUT2D eigenvalue weighted by molar-refractivity contribution is 6.44. The van der Waals surface area contributed by atoms with Crippen LogP contribution < -0.4 is 16.4 Å². The molecule has 4 N–H and O–H groups in total. The summed E-state index contributed by atoms with van der Waals surface area (Å²) in [6.07, 6.45) is 0.628. The zero-order valence-electron chi connectivity index (χ0n) is 13.7. The van der Waals surface area contributed by atoms with Crippen molar-refractivity contribution in [2.24, 2.45) is 11.7 Å². The molecule has 3 amide bonds. The average Bonchev–Trinajstić information content (AvgIpc) is 2.53. The molecule has 0 aliphatic heterocycles. The van der Waals surface area contributed by atoms with E-state index in [0.29, 0.717) is 6.42 Å². The summed E-state index contributed by atoms with van der Waals surface area (Å²) in [5, 5.41) is 5.08.